The predicted octanol–water partition coefficient (Wildman–Crippen LogP) is 2.97. The Morgan fingerprint density at radius 1 is 1.39 bits per heavy atom. The molecule has 0 saturated heterocycles. The van der Waals surface area contributed by atoms with Crippen LogP contribution < -0.4 is 14.8 Å². The van der Waals surface area contributed by atoms with Gasteiger partial charge in [-0.2, -0.15) is 0 Å². The predicted molar refractivity (Wildman–Crippen MR) is 77.0 cm³/mol. The van der Waals surface area contributed by atoms with E-state index in [1.807, 2.05) is 12.1 Å². The number of methoxy groups -OCH3 is 2. The van der Waals surface area contributed by atoms with Crippen LogP contribution in [0.25, 0.3) is 0 Å². The van der Waals surface area contributed by atoms with Crippen LogP contribution in [0.2, 0.25) is 0 Å². The molecule has 0 aliphatic carbocycles. The molecular weight excluding hydrogens is 294 g/mol. The van der Waals surface area contributed by atoms with Crippen LogP contribution in [0, 0.1) is 12.3 Å². The highest BCUT2D eigenvalue weighted by molar-refractivity contribution is 9.10. The molecule has 0 bridgehead atoms. The Hall–Kier alpha value is -1.18. The normalized spacial score (nSPS) is 11.7. The molecule has 0 saturated carbocycles. The molecule has 1 unspecified atom stereocenters. The number of nitrogens with one attached hydrogen (secondary N) is 1. The maximum absolute atomic E-state index is 5.41. The van der Waals surface area contributed by atoms with E-state index < -0.39 is 0 Å². The van der Waals surface area contributed by atoms with E-state index in [1.54, 1.807) is 14.2 Å². The van der Waals surface area contributed by atoms with Gasteiger partial charge in [-0.15, -0.1) is 6.42 Å². The van der Waals surface area contributed by atoms with Gasteiger partial charge in [0.1, 0.15) is 0 Å². The highest BCUT2D eigenvalue weighted by Gasteiger charge is 2.11. The van der Waals surface area contributed by atoms with Gasteiger partial charge in [0, 0.05) is 6.54 Å². The summed E-state index contributed by atoms with van der Waals surface area (Å²) in [5.74, 6) is 4.11. The van der Waals surface area contributed by atoms with Gasteiger partial charge in [0.2, 0.25) is 0 Å². The van der Waals surface area contributed by atoms with Crippen molar-refractivity contribution in [1.29, 1.82) is 0 Å². The molecule has 4 heteroatoms. The average molecular weight is 312 g/mol. The Morgan fingerprint density at radius 2 is 2.11 bits per heavy atom. The molecular formula is C14H18BrNO2. The summed E-state index contributed by atoms with van der Waals surface area (Å²) in [5, 5.41) is 3.30. The van der Waals surface area contributed by atoms with Crippen LogP contribution in [0.3, 0.4) is 0 Å². The number of hydrogen-bond acceptors (Lipinski definition) is 3. The lowest BCUT2D eigenvalue weighted by Gasteiger charge is -2.14. The third-order valence-corrected chi connectivity index (χ3v) is 3.24. The topological polar surface area (TPSA) is 30.5 Å². The molecule has 0 amide bonds. The monoisotopic (exact) mass is 311 g/mol. The van der Waals surface area contributed by atoms with Crippen molar-refractivity contribution in [3.8, 4) is 23.8 Å². The molecule has 18 heavy (non-hydrogen) atoms. The number of benzene rings is 1. The van der Waals surface area contributed by atoms with Crippen LogP contribution in [-0.2, 0) is 6.54 Å². The van der Waals surface area contributed by atoms with E-state index in [0.717, 1.165) is 16.5 Å². The first-order chi connectivity index (χ1) is 8.65. The fourth-order valence-electron chi connectivity index (χ4n) is 1.64. The molecule has 0 radical (unpaired) electrons. The van der Waals surface area contributed by atoms with Crippen molar-refractivity contribution in [2.45, 2.75) is 25.9 Å². The van der Waals surface area contributed by atoms with E-state index >= 15 is 0 Å². The summed E-state index contributed by atoms with van der Waals surface area (Å²) in [6, 6.07) is 4.04. The van der Waals surface area contributed by atoms with Gasteiger partial charge in [0.25, 0.3) is 0 Å². The smallest absolute Gasteiger partial charge is 0.174 e. The minimum atomic E-state index is 0.0943. The van der Waals surface area contributed by atoms with Crippen LogP contribution in [0.5, 0.6) is 11.5 Å². The second-order valence-electron chi connectivity index (χ2n) is 3.82. The zero-order valence-corrected chi connectivity index (χ0v) is 12.5. The highest BCUT2D eigenvalue weighted by atomic mass is 79.9. The molecule has 0 fully saturated rings. The fourth-order valence-corrected chi connectivity index (χ4v) is 2.29. The van der Waals surface area contributed by atoms with Crippen LogP contribution in [0.15, 0.2) is 16.6 Å². The molecule has 0 aliphatic heterocycles. The number of halogens is 1. The van der Waals surface area contributed by atoms with Crippen molar-refractivity contribution in [3.05, 3.63) is 22.2 Å². The van der Waals surface area contributed by atoms with Gasteiger partial charge in [-0.05, 0) is 40.0 Å². The SMILES string of the molecule is C#CC(CC)NCc1cc(Br)c(OC)c(OC)c1. The van der Waals surface area contributed by atoms with Crippen molar-refractivity contribution in [1.82, 2.24) is 5.32 Å². The van der Waals surface area contributed by atoms with Crippen LogP contribution in [0.1, 0.15) is 18.9 Å². The molecule has 1 aromatic carbocycles. The van der Waals surface area contributed by atoms with Gasteiger partial charge in [-0.1, -0.05) is 12.8 Å². The van der Waals surface area contributed by atoms with Crippen LogP contribution >= 0.6 is 15.9 Å². The van der Waals surface area contributed by atoms with E-state index in [0.29, 0.717) is 18.0 Å². The van der Waals surface area contributed by atoms with Gasteiger partial charge < -0.3 is 9.47 Å². The molecule has 1 N–H and O–H groups in total. The zero-order chi connectivity index (χ0) is 13.5. The molecule has 3 nitrogen and oxygen atoms in total. The molecule has 0 aromatic heterocycles. The van der Waals surface area contributed by atoms with Gasteiger partial charge in [0.05, 0.1) is 24.7 Å². The van der Waals surface area contributed by atoms with Crippen molar-refractivity contribution >= 4 is 15.9 Å². The summed E-state index contributed by atoms with van der Waals surface area (Å²) >= 11 is 3.47. The largest absolute Gasteiger partial charge is 0.493 e. The average Bonchev–Trinajstić information content (AvgIpc) is 2.39. The summed E-state index contributed by atoms with van der Waals surface area (Å²) in [4.78, 5) is 0. The fraction of sp³-hybridized carbons (Fsp3) is 0.429. The first-order valence-corrected chi connectivity index (χ1v) is 6.55. The first-order valence-electron chi connectivity index (χ1n) is 5.76. The second kappa shape index (κ2) is 7.30. The van der Waals surface area contributed by atoms with Gasteiger partial charge in [0.15, 0.2) is 11.5 Å². The third-order valence-electron chi connectivity index (χ3n) is 2.66. The number of terminal acetylenes is 1. The summed E-state index contributed by atoms with van der Waals surface area (Å²) in [6.07, 6.45) is 6.32. The highest BCUT2D eigenvalue weighted by Crippen LogP contribution is 2.36. The Bertz CT molecular complexity index is 440. The third kappa shape index (κ3) is 3.66. The maximum atomic E-state index is 5.41. The van der Waals surface area contributed by atoms with Crippen LogP contribution in [0.4, 0.5) is 0 Å². The van der Waals surface area contributed by atoms with E-state index in [9.17, 15) is 0 Å². The van der Waals surface area contributed by atoms with E-state index in [2.05, 4.69) is 34.1 Å². The summed E-state index contributed by atoms with van der Waals surface area (Å²) in [5.41, 5.74) is 1.09. The standard InChI is InChI=1S/C14H18BrNO2/c1-5-11(6-2)16-9-10-7-12(15)14(18-4)13(8-10)17-3/h1,7-8,11,16H,6,9H2,2-4H3. The lowest BCUT2D eigenvalue weighted by Crippen LogP contribution is -2.26. The number of rotatable bonds is 6. The van der Waals surface area contributed by atoms with E-state index in [4.69, 9.17) is 15.9 Å². The van der Waals surface area contributed by atoms with Crippen molar-refractivity contribution < 1.29 is 9.47 Å². The molecule has 1 atom stereocenters. The number of hydrogen-bond donors (Lipinski definition) is 1. The summed E-state index contributed by atoms with van der Waals surface area (Å²) in [7, 11) is 3.24. The van der Waals surface area contributed by atoms with Crippen LogP contribution in [-0.4, -0.2) is 20.3 Å². The molecule has 0 aliphatic rings. The maximum Gasteiger partial charge on any atom is 0.174 e. The Kier molecular flexibility index (Phi) is 6.03. The van der Waals surface area contributed by atoms with Gasteiger partial charge in [-0.3, -0.25) is 5.32 Å². The molecule has 1 aromatic rings. The van der Waals surface area contributed by atoms with Gasteiger partial charge >= 0.3 is 0 Å². The van der Waals surface area contributed by atoms with Gasteiger partial charge in [-0.25, -0.2) is 0 Å². The molecule has 0 heterocycles. The second-order valence-corrected chi connectivity index (χ2v) is 4.68. The Labute approximate surface area is 117 Å². The number of ether oxygens (including phenoxy) is 2. The summed E-state index contributed by atoms with van der Waals surface area (Å²) < 4.78 is 11.4. The summed E-state index contributed by atoms with van der Waals surface area (Å²) in [6.45, 7) is 2.75. The molecule has 1 rings (SSSR count). The van der Waals surface area contributed by atoms with Crippen molar-refractivity contribution in [3.63, 3.8) is 0 Å². The molecule has 0 spiro atoms. The first kappa shape index (κ1) is 14.9. The minimum absolute atomic E-state index is 0.0943. The Balaban J connectivity index is 2.85. The zero-order valence-electron chi connectivity index (χ0n) is 10.9. The minimum Gasteiger partial charge on any atom is -0.493 e. The van der Waals surface area contributed by atoms with Crippen molar-refractivity contribution in [2.24, 2.45) is 0 Å². The molecule has 98 valence electrons. The lowest BCUT2D eigenvalue weighted by molar-refractivity contribution is 0.352. The van der Waals surface area contributed by atoms with E-state index in [-0.39, 0.29) is 6.04 Å². The lowest BCUT2D eigenvalue weighted by atomic mass is 10.1. The van der Waals surface area contributed by atoms with Crippen molar-refractivity contribution in [2.75, 3.05) is 14.2 Å². The quantitative estimate of drug-likeness (QED) is 0.819. The van der Waals surface area contributed by atoms with E-state index in [1.165, 1.54) is 0 Å². The Morgan fingerprint density at radius 3 is 2.61 bits per heavy atom.